The van der Waals surface area contributed by atoms with E-state index in [9.17, 15) is 0 Å². The Balaban J connectivity index is 2.77. The van der Waals surface area contributed by atoms with Crippen molar-refractivity contribution >= 4 is 21.7 Å². The fourth-order valence-corrected chi connectivity index (χ4v) is 2.18. The third-order valence-electron chi connectivity index (χ3n) is 2.45. The monoisotopic (exact) mass is 299 g/mol. The molecule has 0 spiro atoms. The van der Waals surface area contributed by atoms with Gasteiger partial charge in [0.05, 0.1) is 0 Å². The number of nitrogens with one attached hydrogen (secondary N) is 1. The minimum absolute atomic E-state index is 0.341. The Labute approximate surface area is 113 Å². The number of aromatic nitrogens is 2. The Kier molecular flexibility index (Phi) is 5.37. The van der Waals surface area contributed by atoms with E-state index >= 15 is 0 Å². The highest BCUT2D eigenvalue weighted by Crippen LogP contribution is 2.19. The number of rotatable bonds is 5. The molecule has 0 aliphatic carbocycles. The lowest BCUT2D eigenvalue weighted by atomic mass is 10.1. The normalized spacial score (nSPS) is 13.2. The van der Waals surface area contributed by atoms with Crippen molar-refractivity contribution in [3.05, 3.63) is 16.5 Å². The summed E-state index contributed by atoms with van der Waals surface area (Å²) in [4.78, 5) is 8.90. The minimum atomic E-state index is 0.341. The molecule has 1 N–H and O–H groups in total. The van der Waals surface area contributed by atoms with Crippen LogP contribution < -0.4 is 5.32 Å². The van der Waals surface area contributed by atoms with E-state index in [4.69, 9.17) is 0 Å². The van der Waals surface area contributed by atoms with Gasteiger partial charge in [0.25, 0.3) is 0 Å². The summed E-state index contributed by atoms with van der Waals surface area (Å²) in [6.07, 6.45) is 1.14. The van der Waals surface area contributed by atoms with Crippen LogP contribution in [0.5, 0.6) is 0 Å². The van der Waals surface area contributed by atoms with E-state index < -0.39 is 0 Å². The largest absolute Gasteiger partial charge is 0.367 e. The highest BCUT2D eigenvalue weighted by Gasteiger charge is 2.09. The van der Waals surface area contributed by atoms with Crippen LogP contribution in [-0.2, 0) is 0 Å². The van der Waals surface area contributed by atoms with Gasteiger partial charge < -0.3 is 5.32 Å². The van der Waals surface area contributed by atoms with Gasteiger partial charge in [-0.05, 0) is 35.2 Å². The van der Waals surface area contributed by atoms with E-state index in [0.29, 0.717) is 17.9 Å². The molecule has 1 rings (SSSR count). The van der Waals surface area contributed by atoms with Gasteiger partial charge in [-0.3, -0.25) is 0 Å². The zero-order valence-corrected chi connectivity index (χ0v) is 12.9. The molecule has 1 aromatic rings. The molecule has 1 aromatic heterocycles. The van der Waals surface area contributed by atoms with Crippen LogP contribution in [0.25, 0.3) is 0 Å². The highest BCUT2D eigenvalue weighted by atomic mass is 79.9. The number of hydrogen-bond acceptors (Lipinski definition) is 3. The molecule has 0 bridgehead atoms. The second-order valence-electron chi connectivity index (χ2n) is 5.26. The van der Waals surface area contributed by atoms with Crippen LogP contribution in [0.4, 0.5) is 5.82 Å². The van der Waals surface area contributed by atoms with Gasteiger partial charge in [-0.15, -0.1) is 0 Å². The second kappa shape index (κ2) is 6.34. The minimum Gasteiger partial charge on any atom is -0.367 e. The van der Waals surface area contributed by atoms with Crippen molar-refractivity contribution in [2.24, 2.45) is 5.92 Å². The van der Waals surface area contributed by atoms with Crippen molar-refractivity contribution in [3.8, 4) is 0 Å². The van der Waals surface area contributed by atoms with Gasteiger partial charge in [0.1, 0.15) is 16.2 Å². The first-order valence-electron chi connectivity index (χ1n) is 6.19. The first-order chi connectivity index (χ1) is 7.88. The summed E-state index contributed by atoms with van der Waals surface area (Å²) < 4.78 is 0.843. The number of halogens is 1. The Bertz CT molecular complexity index is 364. The first kappa shape index (κ1) is 14.4. The van der Waals surface area contributed by atoms with Gasteiger partial charge in [0.2, 0.25) is 0 Å². The fourth-order valence-electron chi connectivity index (χ4n) is 1.79. The van der Waals surface area contributed by atoms with Crippen LogP contribution in [-0.4, -0.2) is 16.0 Å². The summed E-state index contributed by atoms with van der Waals surface area (Å²) in [5, 5.41) is 3.43. The zero-order valence-electron chi connectivity index (χ0n) is 11.3. The van der Waals surface area contributed by atoms with Crippen molar-refractivity contribution in [3.63, 3.8) is 0 Å². The van der Waals surface area contributed by atoms with Gasteiger partial charge in [-0.1, -0.05) is 27.7 Å². The van der Waals surface area contributed by atoms with Crippen LogP contribution in [0.2, 0.25) is 0 Å². The Morgan fingerprint density at radius 1 is 1.18 bits per heavy atom. The molecular weight excluding hydrogens is 278 g/mol. The second-order valence-corrected chi connectivity index (χ2v) is 6.08. The summed E-state index contributed by atoms with van der Waals surface area (Å²) >= 11 is 3.43. The molecule has 0 fully saturated rings. The summed E-state index contributed by atoms with van der Waals surface area (Å²) in [5.41, 5.74) is 0. The molecule has 0 radical (unpaired) electrons. The number of nitrogens with zero attached hydrogens (tertiary/aromatic N) is 2. The van der Waals surface area contributed by atoms with Crippen LogP contribution in [0.15, 0.2) is 10.7 Å². The predicted octanol–water partition coefficient (Wildman–Crippen LogP) is 4.21. The lowest BCUT2D eigenvalue weighted by molar-refractivity contribution is 0.538. The molecule has 1 heterocycles. The smallest absolute Gasteiger partial charge is 0.134 e. The maximum absolute atomic E-state index is 4.53. The van der Waals surface area contributed by atoms with Gasteiger partial charge in [0, 0.05) is 18.0 Å². The highest BCUT2D eigenvalue weighted by molar-refractivity contribution is 9.10. The summed E-state index contributed by atoms with van der Waals surface area (Å²) in [6, 6.07) is 2.36. The summed E-state index contributed by atoms with van der Waals surface area (Å²) in [6.45, 7) is 10.8. The van der Waals surface area contributed by atoms with E-state index in [1.807, 2.05) is 6.07 Å². The maximum atomic E-state index is 4.53. The van der Waals surface area contributed by atoms with E-state index in [1.165, 1.54) is 0 Å². The van der Waals surface area contributed by atoms with Crippen molar-refractivity contribution in [2.75, 3.05) is 5.32 Å². The average Bonchev–Trinajstić information content (AvgIpc) is 2.14. The van der Waals surface area contributed by atoms with Gasteiger partial charge >= 0.3 is 0 Å². The van der Waals surface area contributed by atoms with Crippen LogP contribution >= 0.6 is 15.9 Å². The van der Waals surface area contributed by atoms with E-state index in [-0.39, 0.29) is 0 Å². The lowest BCUT2D eigenvalue weighted by Gasteiger charge is -2.17. The number of hydrogen-bond donors (Lipinski definition) is 1. The molecule has 4 heteroatoms. The molecular formula is C13H22BrN3. The molecule has 96 valence electrons. The molecule has 0 aliphatic rings. The Morgan fingerprint density at radius 3 is 2.35 bits per heavy atom. The molecule has 0 saturated heterocycles. The van der Waals surface area contributed by atoms with Crippen LogP contribution in [0.3, 0.4) is 0 Å². The van der Waals surface area contributed by atoms with Gasteiger partial charge in [-0.2, -0.15) is 0 Å². The molecule has 17 heavy (non-hydrogen) atoms. The molecule has 0 aromatic carbocycles. The third kappa shape index (κ3) is 5.02. The van der Waals surface area contributed by atoms with Crippen molar-refractivity contribution < 1.29 is 0 Å². The lowest BCUT2D eigenvalue weighted by Crippen LogP contribution is -2.19. The first-order valence-corrected chi connectivity index (χ1v) is 6.98. The Morgan fingerprint density at radius 2 is 1.82 bits per heavy atom. The fraction of sp³-hybridized carbons (Fsp3) is 0.692. The average molecular weight is 300 g/mol. The van der Waals surface area contributed by atoms with Crippen molar-refractivity contribution in [1.82, 2.24) is 9.97 Å². The van der Waals surface area contributed by atoms with Crippen LogP contribution in [0, 0.1) is 5.92 Å². The van der Waals surface area contributed by atoms with E-state index in [1.54, 1.807) is 0 Å². The molecule has 1 unspecified atom stereocenters. The van der Waals surface area contributed by atoms with Crippen LogP contribution in [0.1, 0.15) is 52.8 Å². The van der Waals surface area contributed by atoms with Crippen molar-refractivity contribution in [2.45, 2.75) is 53.0 Å². The molecule has 0 aliphatic heterocycles. The van der Waals surface area contributed by atoms with Gasteiger partial charge in [0.15, 0.2) is 0 Å². The SMILES string of the molecule is CC(C)CC(C)Nc1cc(Br)nc(C(C)C)n1. The summed E-state index contributed by atoms with van der Waals surface area (Å²) in [5.74, 6) is 2.81. The van der Waals surface area contributed by atoms with Gasteiger partial charge in [-0.25, -0.2) is 9.97 Å². The Hall–Kier alpha value is -0.640. The molecule has 0 saturated carbocycles. The predicted molar refractivity (Wildman–Crippen MR) is 76.4 cm³/mol. The zero-order chi connectivity index (χ0) is 13.0. The van der Waals surface area contributed by atoms with Crippen molar-refractivity contribution in [1.29, 1.82) is 0 Å². The topological polar surface area (TPSA) is 37.8 Å². The molecule has 1 atom stereocenters. The summed E-state index contributed by atoms with van der Waals surface area (Å²) in [7, 11) is 0. The molecule has 3 nitrogen and oxygen atoms in total. The third-order valence-corrected chi connectivity index (χ3v) is 2.85. The molecule has 0 amide bonds. The number of anilines is 1. The standard InChI is InChI=1S/C13H22BrN3/c1-8(2)6-10(5)15-12-7-11(14)16-13(17-12)9(3)4/h7-10H,6H2,1-5H3,(H,15,16,17). The maximum Gasteiger partial charge on any atom is 0.134 e. The van der Waals surface area contributed by atoms with E-state index in [0.717, 1.165) is 22.7 Å². The van der Waals surface area contributed by atoms with E-state index in [2.05, 4.69) is 65.8 Å². The quantitative estimate of drug-likeness (QED) is 0.828.